The van der Waals surface area contributed by atoms with E-state index in [1.165, 1.54) is 97.0 Å². The van der Waals surface area contributed by atoms with Gasteiger partial charge in [-0.05, 0) is 37.8 Å². The van der Waals surface area contributed by atoms with Gasteiger partial charge < -0.3 is 45.8 Å². The first-order chi connectivity index (χ1) is 31.3. The Kier molecular flexibility index (Phi) is 27.4. The van der Waals surface area contributed by atoms with Gasteiger partial charge in [0.15, 0.2) is 0 Å². The zero-order valence-electron chi connectivity index (χ0n) is 40.4. The van der Waals surface area contributed by atoms with Gasteiger partial charge in [-0.25, -0.2) is 0 Å². The number of carbonyl (C=O) groups is 2. The Labute approximate surface area is 386 Å². The molecule has 0 heterocycles. The van der Waals surface area contributed by atoms with Gasteiger partial charge in [0.05, 0.1) is 67.4 Å². The molecule has 3 aromatic rings. The molecular formula is C53H84N4O7. The van der Waals surface area contributed by atoms with Crippen LogP contribution in [0.25, 0.3) is 0 Å². The SMILES string of the molecule is CCCCCCCCOc1cc(NC(=O)c2cccc(C(=O)Nc3cc(OCCCCCCCC)c(N)cc3OCCCCCCCC)c2OC)c(OCCCCCCCC)cc1N. The molecule has 358 valence electrons. The second-order valence-electron chi connectivity index (χ2n) is 17.0. The molecule has 0 atom stereocenters. The van der Waals surface area contributed by atoms with E-state index >= 15 is 0 Å². The van der Waals surface area contributed by atoms with E-state index in [4.69, 9.17) is 35.2 Å². The van der Waals surface area contributed by atoms with Crippen molar-refractivity contribution in [1.82, 2.24) is 0 Å². The fourth-order valence-electron chi connectivity index (χ4n) is 7.59. The molecule has 6 N–H and O–H groups in total. The van der Waals surface area contributed by atoms with E-state index in [-0.39, 0.29) is 16.9 Å². The highest BCUT2D eigenvalue weighted by atomic mass is 16.5. The smallest absolute Gasteiger partial charge is 0.259 e. The molecule has 11 heteroatoms. The Hall–Kier alpha value is -4.80. The fraction of sp³-hybridized carbons (Fsp3) is 0.623. The molecule has 3 rings (SSSR count). The van der Waals surface area contributed by atoms with Gasteiger partial charge in [-0.2, -0.15) is 0 Å². The topological polar surface area (TPSA) is 156 Å². The number of unbranched alkanes of at least 4 members (excludes halogenated alkanes) is 20. The maximum absolute atomic E-state index is 14.2. The largest absolute Gasteiger partial charge is 0.495 e. The lowest BCUT2D eigenvalue weighted by atomic mass is 10.1. The number of ether oxygens (including phenoxy) is 5. The van der Waals surface area contributed by atoms with Crippen LogP contribution in [0, 0.1) is 0 Å². The van der Waals surface area contributed by atoms with Crippen LogP contribution in [-0.2, 0) is 0 Å². The Morgan fingerprint density at radius 2 is 0.734 bits per heavy atom. The van der Waals surface area contributed by atoms with Crippen molar-refractivity contribution in [3.8, 4) is 28.7 Å². The number of hydrogen-bond acceptors (Lipinski definition) is 9. The lowest BCUT2D eigenvalue weighted by Crippen LogP contribution is -2.19. The summed E-state index contributed by atoms with van der Waals surface area (Å²) in [7, 11) is 1.45. The second-order valence-corrected chi connectivity index (χ2v) is 17.0. The maximum Gasteiger partial charge on any atom is 0.259 e. The van der Waals surface area contributed by atoms with Gasteiger partial charge in [0, 0.05) is 24.3 Å². The van der Waals surface area contributed by atoms with Crippen molar-refractivity contribution >= 4 is 34.6 Å². The number of benzene rings is 3. The third kappa shape index (κ3) is 19.9. The van der Waals surface area contributed by atoms with E-state index in [0.717, 1.165) is 64.2 Å². The predicted molar refractivity (Wildman–Crippen MR) is 266 cm³/mol. The number of methoxy groups -OCH3 is 1. The summed E-state index contributed by atoms with van der Waals surface area (Å²) >= 11 is 0. The number of hydrogen-bond donors (Lipinski definition) is 4. The average molecular weight is 889 g/mol. The number of rotatable bonds is 37. The minimum absolute atomic E-state index is 0.117. The summed E-state index contributed by atoms with van der Waals surface area (Å²) in [5, 5.41) is 6.05. The van der Waals surface area contributed by atoms with Crippen LogP contribution in [0.3, 0.4) is 0 Å². The maximum atomic E-state index is 14.2. The third-order valence-electron chi connectivity index (χ3n) is 11.5. The van der Waals surface area contributed by atoms with Crippen LogP contribution in [0.15, 0.2) is 42.5 Å². The molecule has 0 saturated heterocycles. The van der Waals surface area contributed by atoms with E-state index < -0.39 is 11.8 Å². The standard InChI is InChI=1S/C53H84N4O7/c1-6-10-14-18-22-26-33-61-47-39-45(49(37-43(47)54)63-35-28-24-20-16-12-8-3)56-52(58)41-31-30-32-42(51(41)60-5)53(59)57-46-40-48(62-34-27-23-19-15-11-7-2)44(55)38-50(46)64-36-29-25-21-17-13-9-4/h30-32,37-40H,6-29,33-36,54-55H2,1-5H3,(H,56,58)(H,57,59). The van der Waals surface area contributed by atoms with Crippen molar-refractivity contribution in [1.29, 1.82) is 0 Å². The molecule has 0 saturated carbocycles. The van der Waals surface area contributed by atoms with Gasteiger partial charge in [-0.3, -0.25) is 9.59 Å². The molecule has 11 nitrogen and oxygen atoms in total. The quantitative estimate of drug-likeness (QED) is 0.0327. The highest BCUT2D eigenvalue weighted by Gasteiger charge is 2.24. The van der Waals surface area contributed by atoms with E-state index in [9.17, 15) is 9.59 Å². The predicted octanol–water partition coefficient (Wildman–Crippen LogP) is 14.3. The number of nitrogens with two attached hydrogens (primary N) is 2. The molecular weight excluding hydrogens is 805 g/mol. The van der Waals surface area contributed by atoms with Crippen LogP contribution in [0.5, 0.6) is 28.7 Å². The summed E-state index contributed by atoms with van der Waals surface area (Å²) in [6.07, 6.45) is 27.0. The number of nitrogen functional groups attached to an aromatic ring is 2. The fourth-order valence-corrected chi connectivity index (χ4v) is 7.59. The molecule has 0 unspecified atom stereocenters. The Balaban J connectivity index is 1.84. The molecule has 0 aromatic heterocycles. The molecule has 3 aromatic carbocycles. The molecule has 0 spiro atoms. The number of para-hydroxylation sites is 1. The third-order valence-corrected chi connectivity index (χ3v) is 11.5. The lowest BCUT2D eigenvalue weighted by molar-refractivity contribution is 0.102. The van der Waals surface area contributed by atoms with Crippen LogP contribution in [0.2, 0.25) is 0 Å². The van der Waals surface area contributed by atoms with Gasteiger partial charge >= 0.3 is 0 Å². The first-order valence-electron chi connectivity index (χ1n) is 25.0. The minimum atomic E-state index is -0.483. The molecule has 0 aliphatic heterocycles. The molecule has 0 bridgehead atoms. The van der Waals surface area contributed by atoms with Crippen LogP contribution >= 0.6 is 0 Å². The van der Waals surface area contributed by atoms with E-state index in [0.29, 0.717) is 72.2 Å². The number of carbonyl (C=O) groups excluding carboxylic acids is 2. The molecule has 0 radical (unpaired) electrons. The lowest BCUT2D eigenvalue weighted by Gasteiger charge is -2.19. The highest BCUT2D eigenvalue weighted by Crippen LogP contribution is 2.38. The summed E-state index contributed by atoms with van der Waals surface area (Å²) < 4.78 is 30.6. The van der Waals surface area contributed by atoms with E-state index in [1.807, 2.05) is 0 Å². The zero-order chi connectivity index (χ0) is 46.2. The average Bonchev–Trinajstić information content (AvgIpc) is 3.29. The molecule has 0 fully saturated rings. The first kappa shape index (κ1) is 53.5. The van der Waals surface area contributed by atoms with Crippen molar-refractivity contribution in [3.05, 3.63) is 53.6 Å². The Morgan fingerprint density at radius 1 is 0.438 bits per heavy atom. The van der Waals surface area contributed by atoms with Gasteiger partial charge in [-0.15, -0.1) is 0 Å². The summed E-state index contributed by atoms with van der Waals surface area (Å²) in [6, 6.07) is 11.8. The number of amides is 2. The second kappa shape index (κ2) is 32.8. The van der Waals surface area contributed by atoms with Crippen molar-refractivity contribution in [3.63, 3.8) is 0 Å². The normalized spacial score (nSPS) is 11.0. The van der Waals surface area contributed by atoms with Gasteiger partial charge in [0.25, 0.3) is 11.8 Å². The van der Waals surface area contributed by atoms with Crippen molar-refractivity contribution in [2.24, 2.45) is 0 Å². The van der Waals surface area contributed by atoms with Crippen LogP contribution in [0.4, 0.5) is 22.7 Å². The minimum Gasteiger partial charge on any atom is -0.495 e. The first-order valence-corrected chi connectivity index (χ1v) is 25.0. The van der Waals surface area contributed by atoms with E-state index in [2.05, 4.69) is 38.3 Å². The summed E-state index contributed by atoms with van der Waals surface area (Å²) in [6.45, 7) is 10.8. The van der Waals surface area contributed by atoms with Gasteiger partial charge in [0.2, 0.25) is 0 Å². The molecule has 2 amide bonds. The molecule has 64 heavy (non-hydrogen) atoms. The number of nitrogens with one attached hydrogen (secondary N) is 2. The van der Waals surface area contributed by atoms with Crippen LogP contribution in [-0.4, -0.2) is 45.4 Å². The Bertz CT molecular complexity index is 1650. The highest BCUT2D eigenvalue weighted by molar-refractivity contribution is 6.13. The van der Waals surface area contributed by atoms with Crippen LogP contribution in [0.1, 0.15) is 203 Å². The number of anilines is 4. The van der Waals surface area contributed by atoms with Crippen molar-refractivity contribution in [2.45, 2.75) is 182 Å². The molecule has 0 aliphatic rings. The zero-order valence-corrected chi connectivity index (χ0v) is 40.4. The Morgan fingerprint density at radius 3 is 1.05 bits per heavy atom. The summed E-state index contributed by atoms with van der Waals surface area (Å²) in [5.74, 6) is 1.00. The monoisotopic (exact) mass is 889 g/mol. The van der Waals surface area contributed by atoms with Gasteiger partial charge in [-0.1, -0.05) is 162 Å². The summed E-state index contributed by atoms with van der Waals surface area (Å²) in [5.41, 5.74) is 15.0. The van der Waals surface area contributed by atoms with Crippen LogP contribution < -0.4 is 45.8 Å². The van der Waals surface area contributed by atoms with E-state index in [1.54, 1.807) is 42.5 Å². The van der Waals surface area contributed by atoms with Crippen molar-refractivity contribution < 1.29 is 33.3 Å². The van der Waals surface area contributed by atoms with Crippen molar-refractivity contribution in [2.75, 3.05) is 55.6 Å². The summed E-state index contributed by atoms with van der Waals surface area (Å²) in [4.78, 5) is 28.4. The molecule has 0 aliphatic carbocycles. The van der Waals surface area contributed by atoms with Gasteiger partial charge in [0.1, 0.15) is 28.7 Å².